The fraction of sp³-hybridized carbons (Fsp3) is 0.440. The largest absolute Gasteiger partial charge is 0.351 e. The van der Waals surface area contributed by atoms with Crippen LogP contribution in [0.1, 0.15) is 49.8 Å². The van der Waals surface area contributed by atoms with Gasteiger partial charge in [0.25, 0.3) is 0 Å². The SMILES string of the molecule is CC1CCC(NC(=O)[C@H](c2ccc(Cl)cc2)N(CCc2ccc(Cl)cc2)C(=O)CCl)CC1. The molecule has 0 saturated heterocycles. The van der Waals surface area contributed by atoms with Gasteiger partial charge in [-0.25, -0.2) is 0 Å². The quantitative estimate of drug-likeness (QED) is 0.454. The number of rotatable bonds is 8. The van der Waals surface area contributed by atoms with E-state index in [9.17, 15) is 9.59 Å². The fourth-order valence-electron chi connectivity index (χ4n) is 4.18. The van der Waals surface area contributed by atoms with E-state index in [1.165, 1.54) is 0 Å². The van der Waals surface area contributed by atoms with E-state index in [1.54, 1.807) is 29.2 Å². The molecule has 7 heteroatoms. The smallest absolute Gasteiger partial charge is 0.247 e. The lowest BCUT2D eigenvalue weighted by molar-refractivity contribution is -0.139. The molecule has 1 N–H and O–H groups in total. The van der Waals surface area contributed by atoms with Crippen LogP contribution in [0.15, 0.2) is 48.5 Å². The van der Waals surface area contributed by atoms with E-state index in [0.717, 1.165) is 31.2 Å². The molecule has 1 aliphatic carbocycles. The average Bonchev–Trinajstić information content (AvgIpc) is 2.79. The van der Waals surface area contributed by atoms with Gasteiger partial charge in [0, 0.05) is 22.6 Å². The molecule has 0 aromatic heterocycles. The van der Waals surface area contributed by atoms with Crippen LogP contribution >= 0.6 is 34.8 Å². The highest BCUT2D eigenvalue weighted by Crippen LogP contribution is 2.27. The molecule has 2 amide bonds. The molecule has 0 bridgehead atoms. The van der Waals surface area contributed by atoms with Crippen LogP contribution in [0.2, 0.25) is 10.0 Å². The van der Waals surface area contributed by atoms with E-state index < -0.39 is 6.04 Å². The summed E-state index contributed by atoms with van der Waals surface area (Å²) in [6.07, 6.45) is 4.68. The maximum Gasteiger partial charge on any atom is 0.247 e. The Kier molecular flexibility index (Phi) is 9.27. The third-order valence-corrected chi connectivity index (χ3v) is 6.83. The molecule has 0 aliphatic heterocycles. The Balaban J connectivity index is 1.84. The van der Waals surface area contributed by atoms with Crippen molar-refractivity contribution >= 4 is 46.6 Å². The van der Waals surface area contributed by atoms with Gasteiger partial charge in [0.05, 0.1) is 0 Å². The van der Waals surface area contributed by atoms with E-state index in [2.05, 4.69) is 12.2 Å². The van der Waals surface area contributed by atoms with Crippen molar-refractivity contribution in [2.45, 2.75) is 51.1 Å². The van der Waals surface area contributed by atoms with E-state index in [1.807, 2.05) is 24.3 Å². The second kappa shape index (κ2) is 11.9. The molecule has 0 radical (unpaired) electrons. The monoisotopic (exact) mass is 494 g/mol. The van der Waals surface area contributed by atoms with Gasteiger partial charge in [-0.2, -0.15) is 0 Å². The molecule has 0 spiro atoms. The van der Waals surface area contributed by atoms with Gasteiger partial charge in [0.1, 0.15) is 11.9 Å². The number of benzene rings is 2. The highest BCUT2D eigenvalue weighted by molar-refractivity contribution is 6.30. The van der Waals surface area contributed by atoms with Gasteiger partial charge in [-0.1, -0.05) is 54.4 Å². The normalized spacial score (nSPS) is 19.2. The topological polar surface area (TPSA) is 49.4 Å². The Morgan fingerprint density at radius 3 is 2.09 bits per heavy atom. The number of nitrogens with one attached hydrogen (secondary N) is 1. The predicted molar refractivity (Wildman–Crippen MR) is 131 cm³/mol. The second-order valence-corrected chi connectivity index (χ2v) is 9.66. The molecule has 4 nitrogen and oxygen atoms in total. The van der Waals surface area contributed by atoms with Gasteiger partial charge in [-0.05, 0) is 73.4 Å². The van der Waals surface area contributed by atoms with Crippen LogP contribution in [0.5, 0.6) is 0 Å². The van der Waals surface area contributed by atoms with E-state index in [0.29, 0.717) is 34.5 Å². The number of amides is 2. The molecule has 32 heavy (non-hydrogen) atoms. The summed E-state index contributed by atoms with van der Waals surface area (Å²) in [6.45, 7) is 2.60. The number of carbonyl (C=O) groups excluding carboxylic acids is 2. The highest BCUT2D eigenvalue weighted by Gasteiger charge is 2.32. The van der Waals surface area contributed by atoms with Gasteiger partial charge in [-0.15, -0.1) is 11.6 Å². The Bertz CT molecular complexity index is 894. The number of alkyl halides is 1. The first-order chi connectivity index (χ1) is 15.4. The third kappa shape index (κ3) is 6.87. The van der Waals surface area contributed by atoms with Crippen molar-refractivity contribution in [2.75, 3.05) is 12.4 Å². The Labute approximate surface area is 205 Å². The summed E-state index contributed by atoms with van der Waals surface area (Å²) in [5.74, 6) is 0.0252. The molecule has 0 unspecified atom stereocenters. The van der Waals surface area contributed by atoms with Crippen molar-refractivity contribution in [1.29, 1.82) is 0 Å². The van der Waals surface area contributed by atoms with E-state index in [-0.39, 0.29) is 23.7 Å². The van der Waals surface area contributed by atoms with Crippen molar-refractivity contribution in [3.05, 3.63) is 69.7 Å². The maximum atomic E-state index is 13.5. The van der Waals surface area contributed by atoms with E-state index in [4.69, 9.17) is 34.8 Å². The predicted octanol–water partition coefficient (Wildman–Crippen LogP) is 6.04. The number of hydrogen-bond acceptors (Lipinski definition) is 2. The molecule has 1 saturated carbocycles. The molecule has 3 rings (SSSR count). The van der Waals surface area contributed by atoms with Gasteiger partial charge >= 0.3 is 0 Å². The van der Waals surface area contributed by atoms with Crippen molar-refractivity contribution in [2.24, 2.45) is 5.92 Å². The zero-order valence-electron chi connectivity index (χ0n) is 18.2. The standard InChI is InChI=1S/C25H29Cl3N2O2/c1-17-2-12-22(13-3-17)29-25(32)24(19-6-10-21(28)11-7-19)30(23(31)16-26)15-14-18-4-8-20(27)9-5-18/h4-11,17,22,24H,2-3,12-16H2,1H3,(H,29,32)/t17?,22?,24-/m0/s1. The minimum Gasteiger partial charge on any atom is -0.351 e. The second-order valence-electron chi connectivity index (χ2n) is 8.52. The zero-order chi connectivity index (χ0) is 23.1. The fourth-order valence-corrected chi connectivity index (χ4v) is 4.58. The van der Waals surface area contributed by atoms with Crippen LogP contribution in [0.3, 0.4) is 0 Å². The lowest BCUT2D eigenvalue weighted by Crippen LogP contribution is -2.48. The maximum absolute atomic E-state index is 13.5. The van der Waals surface area contributed by atoms with Crippen LogP contribution in [-0.4, -0.2) is 35.2 Å². The Hall–Kier alpha value is -1.75. The average molecular weight is 496 g/mol. The van der Waals surface area contributed by atoms with Crippen LogP contribution < -0.4 is 5.32 Å². The molecule has 0 heterocycles. The molecular formula is C25H29Cl3N2O2. The molecule has 1 aliphatic rings. The summed E-state index contributed by atoms with van der Waals surface area (Å²) < 4.78 is 0. The molecule has 1 fully saturated rings. The Morgan fingerprint density at radius 2 is 1.53 bits per heavy atom. The minimum absolute atomic E-state index is 0.123. The van der Waals surface area contributed by atoms with Crippen LogP contribution in [0, 0.1) is 5.92 Å². The summed E-state index contributed by atoms with van der Waals surface area (Å²) in [7, 11) is 0. The molecule has 1 atom stereocenters. The van der Waals surface area contributed by atoms with Gasteiger partial charge < -0.3 is 10.2 Å². The summed E-state index contributed by atoms with van der Waals surface area (Å²) in [5, 5.41) is 4.42. The van der Waals surface area contributed by atoms with Crippen LogP contribution in [0.25, 0.3) is 0 Å². The highest BCUT2D eigenvalue weighted by atomic mass is 35.5. The third-order valence-electron chi connectivity index (χ3n) is 6.10. The summed E-state index contributed by atoms with van der Waals surface area (Å²) >= 11 is 18.0. The number of halogens is 3. The first-order valence-electron chi connectivity index (χ1n) is 11.0. The first-order valence-corrected chi connectivity index (χ1v) is 12.3. The zero-order valence-corrected chi connectivity index (χ0v) is 20.5. The summed E-state index contributed by atoms with van der Waals surface area (Å²) in [5.41, 5.74) is 1.74. The van der Waals surface area contributed by atoms with Crippen molar-refractivity contribution in [3.63, 3.8) is 0 Å². The van der Waals surface area contributed by atoms with Crippen molar-refractivity contribution < 1.29 is 9.59 Å². The molecule has 2 aromatic carbocycles. The van der Waals surface area contributed by atoms with Gasteiger partial charge in [0.2, 0.25) is 11.8 Å². The van der Waals surface area contributed by atoms with Gasteiger partial charge in [-0.3, -0.25) is 9.59 Å². The first kappa shape index (κ1) is 24.9. The molecule has 172 valence electrons. The molecule has 2 aromatic rings. The van der Waals surface area contributed by atoms with Crippen molar-refractivity contribution in [1.82, 2.24) is 10.2 Å². The van der Waals surface area contributed by atoms with E-state index >= 15 is 0 Å². The number of hydrogen-bond donors (Lipinski definition) is 1. The minimum atomic E-state index is -0.773. The number of nitrogens with zero attached hydrogens (tertiary/aromatic N) is 1. The van der Waals surface area contributed by atoms with Crippen molar-refractivity contribution in [3.8, 4) is 0 Å². The van der Waals surface area contributed by atoms with Crippen LogP contribution in [0.4, 0.5) is 0 Å². The summed E-state index contributed by atoms with van der Waals surface area (Å²) in [4.78, 5) is 27.9. The summed E-state index contributed by atoms with van der Waals surface area (Å²) in [6, 6.07) is 13.9. The lowest BCUT2D eigenvalue weighted by atomic mass is 9.87. The Morgan fingerprint density at radius 1 is 0.969 bits per heavy atom. The van der Waals surface area contributed by atoms with Gasteiger partial charge in [0.15, 0.2) is 0 Å². The number of carbonyl (C=O) groups is 2. The van der Waals surface area contributed by atoms with Crippen LogP contribution in [-0.2, 0) is 16.0 Å². The molecular weight excluding hydrogens is 467 g/mol. The lowest BCUT2D eigenvalue weighted by Gasteiger charge is -2.34.